The van der Waals surface area contributed by atoms with Gasteiger partial charge in [-0.1, -0.05) is 32.4 Å². The van der Waals surface area contributed by atoms with Gasteiger partial charge in [0.2, 0.25) is 5.88 Å². The molecule has 2 aromatic carbocycles. The molecule has 5 nitrogen and oxygen atoms in total. The molecule has 0 amide bonds. The first-order chi connectivity index (χ1) is 15.5. The zero-order valence-electron chi connectivity index (χ0n) is 18.3. The van der Waals surface area contributed by atoms with Crippen LogP contribution in [0, 0.1) is 23.1 Å². The minimum absolute atomic E-state index is 0.0581. The summed E-state index contributed by atoms with van der Waals surface area (Å²) in [4.78, 5) is 17.7. The average molecular weight is 432 g/mol. The van der Waals surface area contributed by atoms with Crippen molar-refractivity contribution in [2.24, 2.45) is 5.92 Å². The standard InChI is InChI=1S/C26H26FN3O2/c1-3-4-17(2)16-32-24-14-25(31)30(22-11-9-19(10-12-22)18-5-6-18)26(29-24)20-7-8-21(15-28)23(27)13-20/h7-14,17-18H,3-6,16H2,1-2H3/t17-/m1/s1. The summed E-state index contributed by atoms with van der Waals surface area (Å²) in [6, 6.07) is 15.3. The van der Waals surface area contributed by atoms with E-state index in [1.807, 2.05) is 30.3 Å². The van der Waals surface area contributed by atoms with Gasteiger partial charge >= 0.3 is 0 Å². The first kappa shape index (κ1) is 21.8. The second kappa shape index (κ2) is 9.35. The van der Waals surface area contributed by atoms with Crippen molar-refractivity contribution in [2.75, 3.05) is 6.61 Å². The molecule has 0 saturated heterocycles. The number of rotatable bonds is 8. The maximum Gasteiger partial charge on any atom is 0.262 e. The van der Waals surface area contributed by atoms with E-state index >= 15 is 0 Å². The van der Waals surface area contributed by atoms with E-state index in [2.05, 4.69) is 18.8 Å². The molecule has 1 aliphatic carbocycles. The van der Waals surface area contributed by atoms with Crippen molar-refractivity contribution in [3.8, 4) is 29.0 Å². The summed E-state index contributed by atoms with van der Waals surface area (Å²) in [5.74, 6) is 0.765. The van der Waals surface area contributed by atoms with E-state index in [1.54, 1.807) is 6.07 Å². The molecule has 0 N–H and O–H groups in total. The number of nitriles is 1. The van der Waals surface area contributed by atoms with Gasteiger partial charge in [0.05, 0.1) is 23.9 Å². The highest BCUT2D eigenvalue weighted by molar-refractivity contribution is 5.61. The summed E-state index contributed by atoms with van der Waals surface area (Å²) < 4.78 is 21.7. The van der Waals surface area contributed by atoms with Crippen molar-refractivity contribution in [3.05, 3.63) is 75.8 Å². The Bertz CT molecular complexity index is 1210. The van der Waals surface area contributed by atoms with Crippen LogP contribution in [0.1, 0.15) is 56.6 Å². The van der Waals surface area contributed by atoms with Crippen LogP contribution in [-0.2, 0) is 0 Å². The number of nitrogens with zero attached hydrogens (tertiary/aromatic N) is 3. The van der Waals surface area contributed by atoms with Crippen molar-refractivity contribution in [3.63, 3.8) is 0 Å². The Morgan fingerprint density at radius 1 is 1.22 bits per heavy atom. The molecule has 0 spiro atoms. The Kier molecular flexibility index (Phi) is 6.36. The molecule has 32 heavy (non-hydrogen) atoms. The Balaban J connectivity index is 1.78. The molecule has 3 aromatic rings. The Labute approximate surface area is 187 Å². The smallest absolute Gasteiger partial charge is 0.262 e. The number of benzene rings is 2. The molecule has 1 aromatic heterocycles. The molecule has 0 aliphatic heterocycles. The summed E-state index contributed by atoms with van der Waals surface area (Å²) in [6.45, 7) is 4.65. The van der Waals surface area contributed by atoms with E-state index in [-0.39, 0.29) is 22.8 Å². The van der Waals surface area contributed by atoms with Crippen LogP contribution in [0.25, 0.3) is 17.1 Å². The SMILES string of the molecule is CCC[C@@H](C)COc1cc(=O)n(-c2ccc(C3CC3)cc2)c(-c2ccc(C#N)c(F)c2)n1. The van der Waals surface area contributed by atoms with Crippen LogP contribution >= 0.6 is 0 Å². The Morgan fingerprint density at radius 2 is 1.97 bits per heavy atom. The second-order valence-electron chi connectivity index (χ2n) is 8.47. The molecule has 1 fully saturated rings. The lowest BCUT2D eigenvalue weighted by molar-refractivity contribution is 0.242. The van der Waals surface area contributed by atoms with Gasteiger partial charge in [0.1, 0.15) is 11.9 Å². The van der Waals surface area contributed by atoms with Crippen LogP contribution < -0.4 is 10.3 Å². The average Bonchev–Trinajstić information content (AvgIpc) is 3.63. The van der Waals surface area contributed by atoms with E-state index in [1.165, 1.54) is 41.2 Å². The summed E-state index contributed by atoms with van der Waals surface area (Å²) in [6.07, 6.45) is 4.45. The lowest BCUT2D eigenvalue weighted by atomic mass is 10.1. The van der Waals surface area contributed by atoms with E-state index in [0.29, 0.717) is 29.7 Å². The fourth-order valence-electron chi connectivity index (χ4n) is 3.84. The lowest BCUT2D eigenvalue weighted by Gasteiger charge is -2.16. The van der Waals surface area contributed by atoms with Crippen molar-refractivity contribution >= 4 is 0 Å². The highest BCUT2D eigenvalue weighted by atomic mass is 19.1. The predicted molar refractivity (Wildman–Crippen MR) is 121 cm³/mol. The number of hydrogen-bond acceptors (Lipinski definition) is 4. The van der Waals surface area contributed by atoms with Gasteiger partial charge in [-0.15, -0.1) is 0 Å². The van der Waals surface area contributed by atoms with E-state index < -0.39 is 5.82 Å². The third-order valence-electron chi connectivity index (χ3n) is 5.74. The number of hydrogen-bond donors (Lipinski definition) is 0. The second-order valence-corrected chi connectivity index (χ2v) is 8.47. The van der Waals surface area contributed by atoms with Crippen molar-refractivity contribution in [1.29, 1.82) is 5.26 Å². The number of aromatic nitrogens is 2. The molecule has 0 radical (unpaired) electrons. The number of ether oxygens (including phenoxy) is 1. The number of halogens is 1. The summed E-state index contributed by atoms with van der Waals surface area (Å²) in [7, 11) is 0. The Morgan fingerprint density at radius 3 is 2.59 bits per heavy atom. The highest BCUT2D eigenvalue weighted by Crippen LogP contribution is 2.40. The van der Waals surface area contributed by atoms with Crippen LogP contribution in [0.4, 0.5) is 4.39 Å². The molecule has 1 saturated carbocycles. The van der Waals surface area contributed by atoms with Gasteiger partial charge < -0.3 is 4.74 Å². The molecule has 1 aliphatic rings. The third kappa shape index (κ3) is 4.72. The molecule has 6 heteroatoms. The third-order valence-corrected chi connectivity index (χ3v) is 5.74. The molecular formula is C26H26FN3O2. The molecule has 0 bridgehead atoms. The summed E-state index contributed by atoms with van der Waals surface area (Å²) in [5, 5.41) is 9.06. The van der Waals surface area contributed by atoms with Gasteiger partial charge in [0.15, 0.2) is 5.82 Å². The van der Waals surface area contributed by atoms with Crippen molar-refractivity contribution in [2.45, 2.75) is 45.4 Å². The van der Waals surface area contributed by atoms with Gasteiger partial charge in [0, 0.05) is 5.56 Å². The van der Waals surface area contributed by atoms with Crippen LogP contribution in [0.3, 0.4) is 0 Å². The predicted octanol–water partition coefficient (Wildman–Crippen LogP) is 5.60. The molecule has 0 unspecified atom stereocenters. The topological polar surface area (TPSA) is 67.9 Å². The van der Waals surface area contributed by atoms with Crippen molar-refractivity contribution in [1.82, 2.24) is 9.55 Å². The maximum atomic E-state index is 14.4. The highest BCUT2D eigenvalue weighted by Gasteiger charge is 2.23. The molecule has 164 valence electrons. The minimum atomic E-state index is -0.655. The zero-order valence-corrected chi connectivity index (χ0v) is 18.3. The van der Waals surface area contributed by atoms with Crippen LogP contribution in [-0.4, -0.2) is 16.2 Å². The van der Waals surface area contributed by atoms with Crippen LogP contribution in [0.15, 0.2) is 53.3 Å². The van der Waals surface area contributed by atoms with Crippen molar-refractivity contribution < 1.29 is 9.13 Å². The van der Waals surface area contributed by atoms with Gasteiger partial charge in [-0.2, -0.15) is 10.2 Å². The first-order valence-corrected chi connectivity index (χ1v) is 11.1. The van der Waals surface area contributed by atoms with Crippen LogP contribution in [0.2, 0.25) is 0 Å². The fraction of sp³-hybridized carbons (Fsp3) is 0.346. The molecular weight excluding hydrogens is 405 g/mol. The normalized spacial score (nSPS) is 14.1. The monoisotopic (exact) mass is 431 g/mol. The first-order valence-electron chi connectivity index (χ1n) is 11.1. The van der Waals surface area contributed by atoms with Gasteiger partial charge in [0.25, 0.3) is 5.56 Å². The van der Waals surface area contributed by atoms with E-state index in [0.717, 1.165) is 12.8 Å². The largest absolute Gasteiger partial charge is 0.477 e. The fourth-order valence-corrected chi connectivity index (χ4v) is 3.84. The quantitative estimate of drug-likeness (QED) is 0.465. The van der Waals surface area contributed by atoms with Gasteiger partial charge in [-0.25, -0.2) is 4.39 Å². The minimum Gasteiger partial charge on any atom is -0.477 e. The Hall–Kier alpha value is -3.46. The summed E-state index contributed by atoms with van der Waals surface area (Å²) >= 11 is 0. The lowest BCUT2D eigenvalue weighted by Crippen LogP contribution is -2.22. The van der Waals surface area contributed by atoms with Gasteiger partial charge in [-0.3, -0.25) is 9.36 Å². The van der Waals surface area contributed by atoms with Crippen LogP contribution in [0.5, 0.6) is 5.88 Å². The molecule has 1 heterocycles. The van der Waals surface area contributed by atoms with E-state index in [9.17, 15) is 9.18 Å². The summed E-state index contributed by atoms with van der Waals surface area (Å²) in [5.41, 5.74) is 1.94. The van der Waals surface area contributed by atoms with Gasteiger partial charge in [-0.05, 0) is 67.0 Å². The molecule has 1 atom stereocenters. The van der Waals surface area contributed by atoms with E-state index in [4.69, 9.17) is 10.00 Å². The molecule has 4 rings (SSSR count). The zero-order chi connectivity index (χ0) is 22.7. The maximum absolute atomic E-state index is 14.4.